The number of ether oxygens (including phenoxy) is 1. The maximum absolute atomic E-state index is 12.4. The lowest BCUT2D eigenvalue weighted by Crippen LogP contribution is -2.32. The molecule has 0 saturated carbocycles. The fourth-order valence-corrected chi connectivity index (χ4v) is 3.03. The Hall–Kier alpha value is -4.13. The highest BCUT2D eigenvalue weighted by Crippen LogP contribution is 2.34. The predicted molar refractivity (Wildman–Crippen MR) is 110 cm³/mol. The lowest BCUT2D eigenvalue weighted by Gasteiger charge is -2.19. The highest BCUT2D eigenvalue weighted by molar-refractivity contribution is 6.03. The van der Waals surface area contributed by atoms with Crippen molar-refractivity contribution in [1.82, 2.24) is 5.32 Å². The molecular formula is C23H19NO6. The number of carboxylic acids is 1. The fourth-order valence-electron chi connectivity index (χ4n) is 3.03. The van der Waals surface area contributed by atoms with Crippen molar-refractivity contribution in [2.45, 2.75) is 12.5 Å². The third-order valence-electron chi connectivity index (χ3n) is 4.39. The van der Waals surface area contributed by atoms with Gasteiger partial charge < -0.3 is 14.9 Å². The summed E-state index contributed by atoms with van der Waals surface area (Å²) >= 11 is 0. The van der Waals surface area contributed by atoms with Crippen molar-refractivity contribution < 1.29 is 29.3 Å². The Bertz CT molecular complexity index is 1110. The summed E-state index contributed by atoms with van der Waals surface area (Å²) in [5, 5.41) is 22.3. The highest BCUT2D eigenvalue weighted by atomic mass is 16.6. The van der Waals surface area contributed by atoms with E-state index in [2.05, 4.69) is 5.32 Å². The number of hydrogen-bond donors (Lipinski definition) is 3. The lowest BCUT2D eigenvalue weighted by molar-refractivity contribution is -0.131. The molecule has 0 aliphatic rings. The molecule has 7 heteroatoms. The quantitative estimate of drug-likeness (QED) is 0.530. The lowest BCUT2D eigenvalue weighted by atomic mass is 9.97. The van der Waals surface area contributed by atoms with E-state index in [9.17, 15) is 19.5 Å². The van der Waals surface area contributed by atoms with Crippen LogP contribution in [-0.2, 0) is 9.53 Å². The molecule has 1 atom stereocenters. The standard InChI is InChI=1S/C23H19NO6/c25-19-14-13-18(16-9-4-5-10-17(16)19)20(11-6-12-21(26)27)30-23(29)24-22(28)15-7-2-1-3-8-15/h1-10,12-14,20,25H,11H2,(H,26,27)(H,24,28,29)/b12-6+/t20-/m1/s1. The van der Waals surface area contributed by atoms with Crippen LogP contribution < -0.4 is 5.32 Å². The van der Waals surface area contributed by atoms with Crippen LogP contribution >= 0.6 is 0 Å². The van der Waals surface area contributed by atoms with Gasteiger partial charge in [0.25, 0.3) is 5.91 Å². The largest absolute Gasteiger partial charge is 0.507 e. The fraction of sp³-hybridized carbons (Fsp3) is 0.0870. The van der Waals surface area contributed by atoms with Crippen LogP contribution in [0.4, 0.5) is 4.79 Å². The number of carbonyl (C=O) groups excluding carboxylic acids is 2. The Morgan fingerprint density at radius 3 is 2.30 bits per heavy atom. The van der Waals surface area contributed by atoms with E-state index in [1.807, 2.05) is 0 Å². The van der Waals surface area contributed by atoms with Crippen molar-refractivity contribution in [1.29, 1.82) is 0 Å². The first-order valence-electron chi connectivity index (χ1n) is 9.13. The normalized spacial score (nSPS) is 11.9. The van der Waals surface area contributed by atoms with Crippen LogP contribution in [0.15, 0.2) is 78.9 Å². The number of alkyl carbamates (subject to hydrolysis) is 1. The van der Waals surface area contributed by atoms with Gasteiger partial charge in [0.1, 0.15) is 11.9 Å². The minimum absolute atomic E-state index is 0.0635. The first-order valence-corrected chi connectivity index (χ1v) is 9.13. The van der Waals surface area contributed by atoms with Gasteiger partial charge >= 0.3 is 12.1 Å². The number of rotatable bonds is 6. The molecule has 2 amide bonds. The molecule has 0 heterocycles. The van der Waals surface area contributed by atoms with Gasteiger partial charge in [-0.15, -0.1) is 0 Å². The molecule has 0 aliphatic heterocycles. The number of fused-ring (bicyclic) bond motifs is 1. The van der Waals surface area contributed by atoms with E-state index in [4.69, 9.17) is 9.84 Å². The average Bonchev–Trinajstić information content (AvgIpc) is 2.74. The number of amides is 2. The van der Waals surface area contributed by atoms with Gasteiger partial charge in [0.2, 0.25) is 0 Å². The van der Waals surface area contributed by atoms with Crippen LogP contribution in [0.25, 0.3) is 10.8 Å². The van der Waals surface area contributed by atoms with Gasteiger partial charge in [-0.25, -0.2) is 9.59 Å². The maximum Gasteiger partial charge on any atom is 0.414 e. The number of nitrogens with one attached hydrogen (secondary N) is 1. The zero-order valence-electron chi connectivity index (χ0n) is 15.8. The van der Waals surface area contributed by atoms with E-state index >= 15 is 0 Å². The Kier molecular flexibility index (Phi) is 6.44. The summed E-state index contributed by atoms with van der Waals surface area (Å²) in [6, 6.07) is 18.3. The molecule has 0 spiro atoms. The molecule has 3 N–H and O–H groups in total. The van der Waals surface area contributed by atoms with Crippen LogP contribution in [0.3, 0.4) is 0 Å². The summed E-state index contributed by atoms with van der Waals surface area (Å²) in [5.74, 6) is -1.68. The number of aliphatic carboxylic acids is 1. The molecule has 0 bridgehead atoms. The molecule has 0 saturated heterocycles. The minimum Gasteiger partial charge on any atom is -0.507 e. The molecule has 7 nitrogen and oxygen atoms in total. The molecule has 0 aliphatic carbocycles. The summed E-state index contributed by atoms with van der Waals surface area (Å²) in [6.07, 6.45) is 0.533. The van der Waals surface area contributed by atoms with E-state index in [0.29, 0.717) is 21.9 Å². The highest BCUT2D eigenvalue weighted by Gasteiger charge is 2.21. The number of carboxylic acid groups (broad SMARTS) is 1. The number of benzene rings is 3. The van der Waals surface area contributed by atoms with Crippen molar-refractivity contribution in [2.75, 3.05) is 0 Å². The van der Waals surface area contributed by atoms with Gasteiger partial charge in [-0.2, -0.15) is 0 Å². The topological polar surface area (TPSA) is 113 Å². The van der Waals surface area contributed by atoms with Crippen LogP contribution in [0.1, 0.15) is 28.4 Å². The van der Waals surface area contributed by atoms with E-state index < -0.39 is 24.1 Å². The van der Waals surface area contributed by atoms with Gasteiger partial charge in [-0.1, -0.05) is 54.6 Å². The third kappa shape index (κ3) is 5.02. The molecule has 3 aromatic carbocycles. The number of hydrogen-bond acceptors (Lipinski definition) is 5. The Morgan fingerprint density at radius 2 is 1.60 bits per heavy atom. The molecule has 3 rings (SSSR count). The summed E-state index contributed by atoms with van der Waals surface area (Å²) < 4.78 is 5.46. The third-order valence-corrected chi connectivity index (χ3v) is 4.39. The van der Waals surface area contributed by atoms with Gasteiger partial charge in [0.15, 0.2) is 0 Å². The zero-order chi connectivity index (χ0) is 21.5. The summed E-state index contributed by atoms with van der Waals surface area (Å²) in [5.41, 5.74) is 0.868. The smallest absolute Gasteiger partial charge is 0.414 e. The second kappa shape index (κ2) is 9.38. The van der Waals surface area contributed by atoms with Gasteiger partial charge in [0.05, 0.1) is 0 Å². The monoisotopic (exact) mass is 405 g/mol. The Balaban J connectivity index is 1.86. The SMILES string of the molecule is O=C(O)/C=C/C[C@@H](OC(=O)NC(=O)c1ccccc1)c1ccc(O)c2ccccc12. The number of imide groups is 1. The molecule has 3 aromatic rings. The first kappa shape index (κ1) is 20.6. The van der Waals surface area contributed by atoms with E-state index in [1.165, 1.54) is 12.1 Å². The van der Waals surface area contributed by atoms with Crippen LogP contribution in [-0.4, -0.2) is 28.2 Å². The first-order chi connectivity index (χ1) is 14.5. The van der Waals surface area contributed by atoms with Gasteiger partial charge in [0, 0.05) is 29.0 Å². The molecule has 0 aromatic heterocycles. The van der Waals surface area contributed by atoms with Gasteiger partial charge in [-0.3, -0.25) is 10.1 Å². The van der Waals surface area contributed by atoms with Crippen molar-refractivity contribution in [3.8, 4) is 5.75 Å². The predicted octanol–water partition coefficient (Wildman–Crippen LogP) is 4.18. The van der Waals surface area contributed by atoms with E-state index in [1.54, 1.807) is 60.7 Å². The number of aromatic hydroxyl groups is 1. The van der Waals surface area contributed by atoms with Crippen molar-refractivity contribution in [2.24, 2.45) is 0 Å². The average molecular weight is 405 g/mol. The molecular weight excluding hydrogens is 386 g/mol. The van der Waals surface area contributed by atoms with E-state index in [0.717, 1.165) is 6.08 Å². The summed E-state index contributed by atoms with van der Waals surface area (Å²) in [7, 11) is 0. The van der Waals surface area contributed by atoms with E-state index in [-0.39, 0.29) is 12.2 Å². The zero-order valence-corrected chi connectivity index (χ0v) is 15.8. The minimum atomic E-state index is -1.13. The van der Waals surface area contributed by atoms with Gasteiger partial charge in [-0.05, 0) is 23.6 Å². The molecule has 152 valence electrons. The second-order valence-corrected chi connectivity index (χ2v) is 6.41. The Morgan fingerprint density at radius 1 is 0.933 bits per heavy atom. The molecule has 30 heavy (non-hydrogen) atoms. The molecule has 0 radical (unpaired) electrons. The summed E-state index contributed by atoms with van der Waals surface area (Å²) in [6.45, 7) is 0. The molecule has 0 fully saturated rings. The molecule has 0 unspecified atom stereocenters. The number of phenols is 1. The van der Waals surface area contributed by atoms with Crippen molar-refractivity contribution >= 4 is 28.7 Å². The number of carbonyl (C=O) groups is 3. The van der Waals surface area contributed by atoms with Crippen molar-refractivity contribution in [3.63, 3.8) is 0 Å². The van der Waals surface area contributed by atoms with Crippen LogP contribution in [0.5, 0.6) is 5.75 Å². The van der Waals surface area contributed by atoms with Crippen LogP contribution in [0, 0.1) is 0 Å². The van der Waals surface area contributed by atoms with Crippen LogP contribution in [0.2, 0.25) is 0 Å². The maximum atomic E-state index is 12.4. The Labute approximate surface area is 172 Å². The summed E-state index contributed by atoms with van der Waals surface area (Å²) in [4.78, 5) is 35.4. The number of phenolic OH excluding ortho intramolecular Hbond substituents is 1. The van der Waals surface area contributed by atoms with Crippen molar-refractivity contribution in [3.05, 3.63) is 90.0 Å². The second-order valence-electron chi connectivity index (χ2n) is 6.41.